The number of nitrogens with zero attached hydrogens (tertiary/aromatic N) is 6. The van der Waals surface area contributed by atoms with Crippen LogP contribution >= 0.6 is 11.6 Å². The van der Waals surface area contributed by atoms with E-state index in [0.29, 0.717) is 36.7 Å². The molecule has 0 bridgehead atoms. The zero-order chi connectivity index (χ0) is 23.5. The van der Waals surface area contributed by atoms with Gasteiger partial charge in [0.1, 0.15) is 18.2 Å². The Morgan fingerprint density at radius 2 is 1.88 bits per heavy atom. The average Bonchev–Trinajstić information content (AvgIpc) is 2.87. The molecule has 0 saturated carbocycles. The Balaban J connectivity index is 1.43. The van der Waals surface area contributed by atoms with E-state index in [-0.39, 0.29) is 6.10 Å². The predicted octanol–water partition coefficient (Wildman–Crippen LogP) is 4.74. The molecule has 34 heavy (non-hydrogen) atoms. The maximum Gasteiger partial charge on any atom is 0.407 e. The van der Waals surface area contributed by atoms with E-state index in [0.717, 1.165) is 48.3 Å². The summed E-state index contributed by atoms with van der Waals surface area (Å²) >= 11 is 6.70. The molecule has 2 aliphatic rings. The van der Waals surface area contributed by atoms with Gasteiger partial charge in [-0.15, -0.1) is 0 Å². The van der Waals surface area contributed by atoms with Gasteiger partial charge >= 0.3 is 6.09 Å². The molecule has 2 aromatic heterocycles. The maximum atomic E-state index is 11.1. The lowest BCUT2D eigenvalue weighted by Gasteiger charge is -2.38. The number of rotatable bonds is 5. The minimum atomic E-state index is -0.883. The summed E-state index contributed by atoms with van der Waals surface area (Å²) in [4.78, 5) is 25.8. The first-order valence-corrected chi connectivity index (χ1v) is 12.0. The zero-order valence-corrected chi connectivity index (χ0v) is 19.6. The lowest BCUT2D eigenvalue weighted by molar-refractivity contribution is 0.0895. The van der Waals surface area contributed by atoms with Gasteiger partial charge in [-0.25, -0.2) is 19.8 Å². The van der Waals surface area contributed by atoms with Gasteiger partial charge in [-0.1, -0.05) is 18.0 Å². The van der Waals surface area contributed by atoms with Crippen LogP contribution in [0, 0.1) is 0 Å². The minimum absolute atomic E-state index is 0.0598. The summed E-state index contributed by atoms with van der Waals surface area (Å²) < 4.78 is 6.15. The van der Waals surface area contributed by atoms with Crippen LogP contribution in [0.1, 0.15) is 32.1 Å². The smallest absolute Gasteiger partial charge is 0.407 e. The molecule has 0 aliphatic carbocycles. The fraction of sp³-hybridized carbons (Fsp3) is 0.417. The van der Waals surface area contributed by atoms with Gasteiger partial charge in [0.25, 0.3) is 0 Å². The van der Waals surface area contributed by atoms with E-state index in [1.54, 1.807) is 18.7 Å². The molecule has 3 aromatic rings. The van der Waals surface area contributed by atoms with Gasteiger partial charge in [0.05, 0.1) is 22.4 Å². The van der Waals surface area contributed by atoms with E-state index in [1.807, 2.05) is 24.3 Å². The first-order chi connectivity index (χ1) is 16.6. The highest BCUT2D eigenvalue weighted by Gasteiger charge is 2.26. The third kappa shape index (κ3) is 4.71. The Kier molecular flexibility index (Phi) is 6.64. The number of likely N-dealkylation sites (tertiary alicyclic amines) is 1. The molecular formula is C24H27ClN6O3. The Labute approximate surface area is 202 Å². The van der Waals surface area contributed by atoms with Gasteiger partial charge in [-0.3, -0.25) is 9.99 Å². The van der Waals surface area contributed by atoms with Crippen LogP contribution in [-0.2, 0) is 0 Å². The quantitative estimate of drug-likeness (QED) is 0.557. The number of hydrazine groups is 1. The zero-order valence-electron chi connectivity index (χ0n) is 18.8. The number of amides is 1. The highest BCUT2D eigenvalue weighted by atomic mass is 35.5. The molecule has 9 nitrogen and oxygen atoms in total. The second-order valence-corrected chi connectivity index (χ2v) is 9.02. The number of ether oxygens (including phenoxy) is 1. The summed E-state index contributed by atoms with van der Waals surface area (Å²) in [6.45, 7) is 2.78. The molecule has 4 heterocycles. The number of anilines is 2. The minimum Gasteiger partial charge on any atom is -0.489 e. The van der Waals surface area contributed by atoms with Crippen molar-refractivity contribution in [1.29, 1.82) is 0 Å². The third-order valence-electron chi connectivity index (χ3n) is 6.40. The summed E-state index contributed by atoms with van der Waals surface area (Å²) in [5, 5.41) is 15.0. The van der Waals surface area contributed by atoms with Crippen molar-refractivity contribution >= 4 is 40.1 Å². The molecule has 5 rings (SSSR count). The van der Waals surface area contributed by atoms with Crippen LogP contribution in [0.2, 0.25) is 5.02 Å². The molecule has 0 atom stereocenters. The monoisotopic (exact) mass is 482 g/mol. The summed E-state index contributed by atoms with van der Waals surface area (Å²) in [5.74, 6) is 1.40. The number of piperidine rings is 2. The van der Waals surface area contributed by atoms with E-state index < -0.39 is 6.09 Å². The van der Waals surface area contributed by atoms with Crippen molar-refractivity contribution < 1.29 is 14.6 Å². The van der Waals surface area contributed by atoms with Crippen molar-refractivity contribution in [1.82, 2.24) is 24.9 Å². The van der Waals surface area contributed by atoms with E-state index in [2.05, 4.69) is 25.0 Å². The van der Waals surface area contributed by atoms with Crippen molar-refractivity contribution in [3.8, 4) is 5.75 Å². The number of fused-ring (bicyclic) bond motifs is 1. The Bertz CT molecular complexity index is 1160. The van der Waals surface area contributed by atoms with E-state index in [9.17, 15) is 4.79 Å². The van der Waals surface area contributed by atoms with E-state index in [4.69, 9.17) is 21.4 Å². The van der Waals surface area contributed by atoms with Gasteiger partial charge in [-0.05, 0) is 37.1 Å². The maximum absolute atomic E-state index is 11.1. The van der Waals surface area contributed by atoms with Gasteiger partial charge in [0.2, 0.25) is 0 Å². The van der Waals surface area contributed by atoms with Gasteiger partial charge in [0.15, 0.2) is 5.82 Å². The van der Waals surface area contributed by atoms with Crippen LogP contribution in [0.4, 0.5) is 16.3 Å². The number of benzene rings is 1. The van der Waals surface area contributed by atoms with Crippen LogP contribution < -0.4 is 9.75 Å². The largest absolute Gasteiger partial charge is 0.489 e. The topological polar surface area (TPSA) is 94.9 Å². The van der Waals surface area contributed by atoms with Gasteiger partial charge in [0, 0.05) is 50.6 Å². The Morgan fingerprint density at radius 3 is 2.62 bits per heavy atom. The molecule has 0 unspecified atom stereocenters. The van der Waals surface area contributed by atoms with Crippen molar-refractivity contribution in [3.05, 3.63) is 48.0 Å². The van der Waals surface area contributed by atoms with Crippen LogP contribution in [0.15, 0.2) is 43.0 Å². The van der Waals surface area contributed by atoms with E-state index in [1.165, 1.54) is 11.3 Å². The second kappa shape index (κ2) is 9.99. The molecule has 2 fully saturated rings. The van der Waals surface area contributed by atoms with Crippen molar-refractivity contribution in [3.63, 3.8) is 0 Å². The standard InChI is InChI=1S/C24H27ClN6O3/c25-20-14-17(4-5-22(20)34-18-7-12-29(13-8-18)24(32)33)31(30-10-2-1-3-11-30)23-19-6-9-26-15-21(19)27-16-28-23/h4-6,9,14-16,18H,1-3,7-8,10-13H2,(H,32,33). The normalized spacial score (nSPS) is 17.6. The van der Waals surface area contributed by atoms with Crippen molar-refractivity contribution in [2.45, 2.75) is 38.2 Å². The fourth-order valence-electron chi connectivity index (χ4n) is 4.62. The number of hydrogen-bond acceptors (Lipinski definition) is 7. The second-order valence-electron chi connectivity index (χ2n) is 8.62. The molecule has 0 spiro atoms. The molecule has 0 radical (unpaired) electrons. The number of pyridine rings is 1. The molecule has 1 N–H and O–H groups in total. The van der Waals surface area contributed by atoms with Crippen LogP contribution in [0.25, 0.3) is 10.9 Å². The SMILES string of the molecule is O=C(O)N1CCC(Oc2ccc(N(c3ncnc4cnccc34)N3CCCCC3)cc2Cl)CC1. The highest BCUT2D eigenvalue weighted by molar-refractivity contribution is 6.32. The Morgan fingerprint density at radius 1 is 1.09 bits per heavy atom. The average molecular weight is 483 g/mol. The van der Waals surface area contributed by atoms with Crippen LogP contribution in [0.5, 0.6) is 5.75 Å². The van der Waals surface area contributed by atoms with E-state index >= 15 is 0 Å². The number of aromatic nitrogens is 3. The fourth-order valence-corrected chi connectivity index (χ4v) is 4.84. The number of halogens is 1. The lowest BCUT2D eigenvalue weighted by atomic mass is 10.1. The number of hydrogen-bond donors (Lipinski definition) is 1. The third-order valence-corrected chi connectivity index (χ3v) is 6.70. The van der Waals surface area contributed by atoms with Gasteiger partial charge < -0.3 is 14.7 Å². The summed E-state index contributed by atoms with van der Waals surface area (Å²) in [7, 11) is 0. The summed E-state index contributed by atoms with van der Waals surface area (Å²) in [6, 6.07) is 7.73. The molecule has 178 valence electrons. The molecule has 10 heteroatoms. The Hall–Kier alpha value is -3.17. The van der Waals surface area contributed by atoms with Crippen LogP contribution in [-0.4, -0.2) is 68.3 Å². The van der Waals surface area contributed by atoms with Crippen molar-refractivity contribution in [2.75, 3.05) is 31.2 Å². The molecule has 1 aromatic carbocycles. The first-order valence-electron chi connectivity index (χ1n) is 11.6. The van der Waals surface area contributed by atoms with Crippen molar-refractivity contribution in [2.24, 2.45) is 0 Å². The lowest BCUT2D eigenvalue weighted by Crippen LogP contribution is -2.43. The molecule has 1 amide bonds. The van der Waals surface area contributed by atoms with Crippen LogP contribution in [0.3, 0.4) is 0 Å². The molecule has 2 saturated heterocycles. The highest BCUT2D eigenvalue weighted by Crippen LogP contribution is 2.37. The first kappa shape index (κ1) is 22.6. The predicted molar refractivity (Wildman–Crippen MR) is 130 cm³/mol. The summed E-state index contributed by atoms with van der Waals surface area (Å²) in [5.41, 5.74) is 1.69. The van der Waals surface area contributed by atoms with Gasteiger partial charge in [-0.2, -0.15) is 0 Å². The molecule has 2 aliphatic heterocycles. The number of carbonyl (C=O) groups is 1. The number of carboxylic acid groups (broad SMARTS) is 1. The molecular weight excluding hydrogens is 456 g/mol. The summed E-state index contributed by atoms with van der Waals surface area (Å²) in [6.07, 6.45) is 8.86.